The van der Waals surface area contributed by atoms with Crippen LogP contribution in [-0.4, -0.2) is 6.29 Å². The number of carbonyl (C=O) groups is 1. The van der Waals surface area contributed by atoms with E-state index in [-0.39, 0.29) is 11.3 Å². The summed E-state index contributed by atoms with van der Waals surface area (Å²) in [5.74, 6) is 0.0427. The number of benzene rings is 2. The van der Waals surface area contributed by atoms with Gasteiger partial charge in [0, 0.05) is 5.56 Å². The van der Waals surface area contributed by atoms with E-state index in [2.05, 4.69) is 0 Å². The van der Waals surface area contributed by atoms with Gasteiger partial charge in [0.2, 0.25) is 0 Å². The lowest BCUT2D eigenvalue weighted by atomic mass is 10.1. The molecule has 2 aromatic rings. The first-order valence-corrected chi connectivity index (χ1v) is 6.23. The number of hydrogen-bond acceptors (Lipinski definition) is 2. The van der Waals surface area contributed by atoms with Gasteiger partial charge in [-0.2, -0.15) is 13.2 Å². The van der Waals surface area contributed by atoms with E-state index in [9.17, 15) is 18.0 Å². The van der Waals surface area contributed by atoms with Gasteiger partial charge in [-0.05, 0) is 49.2 Å². The van der Waals surface area contributed by atoms with Crippen molar-refractivity contribution < 1.29 is 22.7 Å². The minimum atomic E-state index is -4.59. The molecule has 0 unspecified atom stereocenters. The summed E-state index contributed by atoms with van der Waals surface area (Å²) >= 11 is 0. The monoisotopic (exact) mass is 294 g/mol. The highest BCUT2D eigenvalue weighted by Crippen LogP contribution is 2.39. The van der Waals surface area contributed by atoms with Crippen LogP contribution in [0.2, 0.25) is 0 Å². The number of aldehydes is 1. The standard InChI is InChI=1S/C16H13F3O2/c1-10-3-4-11(2)15(7-10)21-14-6-5-12(9-20)8-13(14)16(17,18)19/h3-9H,1-2H3. The Kier molecular flexibility index (Phi) is 4.02. The zero-order chi connectivity index (χ0) is 15.6. The van der Waals surface area contributed by atoms with Gasteiger partial charge in [-0.3, -0.25) is 4.79 Å². The van der Waals surface area contributed by atoms with Gasteiger partial charge < -0.3 is 4.74 Å². The van der Waals surface area contributed by atoms with Gasteiger partial charge in [0.25, 0.3) is 0 Å². The van der Waals surface area contributed by atoms with Crippen molar-refractivity contribution in [3.63, 3.8) is 0 Å². The zero-order valence-corrected chi connectivity index (χ0v) is 11.5. The maximum atomic E-state index is 13.1. The minimum Gasteiger partial charge on any atom is -0.456 e. The van der Waals surface area contributed by atoms with Crippen molar-refractivity contribution in [3.05, 3.63) is 58.7 Å². The molecule has 0 N–H and O–H groups in total. The second kappa shape index (κ2) is 5.60. The smallest absolute Gasteiger partial charge is 0.420 e. The molecule has 0 heterocycles. The van der Waals surface area contributed by atoms with E-state index in [1.807, 2.05) is 13.0 Å². The second-order valence-electron chi connectivity index (χ2n) is 4.74. The number of hydrogen-bond donors (Lipinski definition) is 0. The van der Waals surface area contributed by atoms with Gasteiger partial charge in [0.15, 0.2) is 0 Å². The first-order chi connectivity index (χ1) is 9.81. The van der Waals surface area contributed by atoms with E-state index in [4.69, 9.17) is 4.74 Å². The quantitative estimate of drug-likeness (QED) is 0.750. The van der Waals surface area contributed by atoms with E-state index >= 15 is 0 Å². The normalized spacial score (nSPS) is 11.3. The SMILES string of the molecule is Cc1ccc(C)c(Oc2ccc(C=O)cc2C(F)(F)F)c1. The molecule has 2 nitrogen and oxygen atoms in total. The summed E-state index contributed by atoms with van der Waals surface area (Å²) in [6.07, 6.45) is -4.22. The van der Waals surface area contributed by atoms with Gasteiger partial charge in [-0.15, -0.1) is 0 Å². The molecular weight excluding hydrogens is 281 g/mol. The van der Waals surface area contributed by atoms with E-state index in [1.165, 1.54) is 6.07 Å². The van der Waals surface area contributed by atoms with Crippen molar-refractivity contribution >= 4 is 6.29 Å². The van der Waals surface area contributed by atoms with E-state index in [1.54, 1.807) is 19.1 Å². The van der Waals surface area contributed by atoms with Crippen LogP contribution in [0.5, 0.6) is 11.5 Å². The largest absolute Gasteiger partial charge is 0.456 e. The van der Waals surface area contributed by atoms with Crippen LogP contribution in [0.4, 0.5) is 13.2 Å². The molecule has 0 radical (unpaired) electrons. The third-order valence-corrected chi connectivity index (χ3v) is 3.01. The second-order valence-corrected chi connectivity index (χ2v) is 4.74. The Morgan fingerprint density at radius 2 is 1.71 bits per heavy atom. The van der Waals surface area contributed by atoms with Crippen LogP contribution in [-0.2, 0) is 6.18 Å². The van der Waals surface area contributed by atoms with Crippen molar-refractivity contribution in [2.45, 2.75) is 20.0 Å². The van der Waals surface area contributed by atoms with Gasteiger partial charge in [0.1, 0.15) is 17.8 Å². The van der Waals surface area contributed by atoms with E-state index < -0.39 is 11.7 Å². The minimum absolute atomic E-state index is 0.0457. The third-order valence-electron chi connectivity index (χ3n) is 3.01. The summed E-state index contributed by atoms with van der Waals surface area (Å²) in [7, 11) is 0. The highest BCUT2D eigenvalue weighted by molar-refractivity contribution is 5.75. The maximum absolute atomic E-state index is 13.1. The maximum Gasteiger partial charge on any atom is 0.420 e. The Morgan fingerprint density at radius 3 is 2.33 bits per heavy atom. The summed E-state index contributed by atoms with van der Waals surface area (Å²) in [5, 5.41) is 0. The fourth-order valence-corrected chi connectivity index (χ4v) is 1.87. The Hall–Kier alpha value is -2.30. The molecule has 0 aliphatic rings. The molecule has 0 spiro atoms. The van der Waals surface area contributed by atoms with Crippen molar-refractivity contribution in [2.24, 2.45) is 0 Å². The zero-order valence-electron chi connectivity index (χ0n) is 11.5. The summed E-state index contributed by atoms with van der Waals surface area (Å²) in [5.41, 5.74) is 0.602. The van der Waals surface area contributed by atoms with Gasteiger partial charge >= 0.3 is 6.18 Å². The van der Waals surface area contributed by atoms with Crippen LogP contribution in [0.3, 0.4) is 0 Å². The molecule has 0 aromatic heterocycles. The van der Waals surface area contributed by atoms with Crippen LogP contribution in [0.15, 0.2) is 36.4 Å². The predicted molar refractivity (Wildman–Crippen MR) is 72.8 cm³/mol. The lowest BCUT2D eigenvalue weighted by Crippen LogP contribution is -2.08. The van der Waals surface area contributed by atoms with E-state index in [0.29, 0.717) is 12.0 Å². The Labute approximate surface area is 120 Å². The molecule has 21 heavy (non-hydrogen) atoms. The number of halogens is 3. The Morgan fingerprint density at radius 1 is 1.00 bits per heavy atom. The molecule has 5 heteroatoms. The summed E-state index contributed by atoms with van der Waals surface area (Å²) in [4.78, 5) is 10.6. The molecule has 0 fully saturated rings. The first kappa shape index (κ1) is 15.1. The average Bonchev–Trinajstić information content (AvgIpc) is 2.42. The molecule has 0 bridgehead atoms. The molecule has 110 valence electrons. The predicted octanol–water partition coefficient (Wildman–Crippen LogP) is 4.93. The molecule has 0 saturated carbocycles. The first-order valence-electron chi connectivity index (χ1n) is 6.23. The number of rotatable bonds is 3. The van der Waals surface area contributed by atoms with Crippen LogP contribution >= 0.6 is 0 Å². The van der Waals surface area contributed by atoms with Crippen molar-refractivity contribution in [1.82, 2.24) is 0 Å². The van der Waals surface area contributed by atoms with Crippen LogP contribution in [0.1, 0.15) is 27.0 Å². The fraction of sp³-hybridized carbons (Fsp3) is 0.188. The Bertz CT molecular complexity index is 676. The molecular formula is C16H13F3O2. The molecule has 0 saturated heterocycles. The molecule has 0 aliphatic heterocycles. The number of ether oxygens (including phenoxy) is 1. The van der Waals surface area contributed by atoms with Gasteiger partial charge in [-0.25, -0.2) is 0 Å². The van der Waals surface area contributed by atoms with Gasteiger partial charge in [0.05, 0.1) is 5.56 Å². The fourth-order valence-electron chi connectivity index (χ4n) is 1.87. The van der Waals surface area contributed by atoms with Crippen molar-refractivity contribution in [2.75, 3.05) is 0 Å². The molecule has 2 aromatic carbocycles. The van der Waals surface area contributed by atoms with Crippen LogP contribution in [0, 0.1) is 13.8 Å². The Balaban J connectivity index is 2.48. The van der Waals surface area contributed by atoms with Gasteiger partial charge in [-0.1, -0.05) is 12.1 Å². The number of carbonyl (C=O) groups excluding carboxylic acids is 1. The van der Waals surface area contributed by atoms with Crippen molar-refractivity contribution in [1.29, 1.82) is 0 Å². The van der Waals surface area contributed by atoms with Crippen molar-refractivity contribution in [3.8, 4) is 11.5 Å². The lowest BCUT2D eigenvalue weighted by molar-refractivity contribution is -0.138. The van der Waals surface area contributed by atoms with Crippen LogP contribution in [0.25, 0.3) is 0 Å². The summed E-state index contributed by atoms with van der Waals surface area (Å²) in [6.45, 7) is 3.58. The topological polar surface area (TPSA) is 26.3 Å². The van der Waals surface area contributed by atoms with Crippen LogP contribution < -0.4 is 4.74 Å². The number of aryl methyl sites for hydroxylation is 2. The number of alkyl halides is 3. The summed E-state index contributed by atoms with van der Waals surface area (Å²) < 4.78 is 44.6. The molecule has 0 atom stereocenters. The summed E-state index contributed by atoms with van der Waals surface area (Å²) in [6, 6.07) is 8.54. The molecule has 0 amide bonds. The third kappa shape index (κ3) is 3.42. The van der Waals surface area contributed by atoms with E-state index in [0.717, 1.165) is 23.3 Å². The highest BCUT2D eigenvalue weighted by Gasteiger charge is 2.35. The molecule has 0 aliphatic carbocycles. The lowest BCUT2D eigenvalue weighted by Gasteiger charge is -2.15. The highest BCUT2D eigenvalue weighted by atomic mass is 19.4. The average molecular weight is 294 g/mol. The molecule has 2 rings (SSSR count).